The van der Waals surface area contributed by atoms with Gasteiger partial charge in [0, 0.05) is 40.5 Å². The van der Waals surface area contributed by atoms with Gasteiger partial charge in [0.05, 0.1) is 16.7 Å². The fourth-order valence-corrected chi connectivity index (χ4v) is 4.92. The topological polar surface area (TPSA) is 79.6 Å². The lowest BCUT2D eigenvalue weighted by Crippen LogP contribution is -2.65. The highest BCUT2D eigenvalue weighted by atomic mass is 19.1. The average molecular weight is 385 g/mol. The number of nitrogens with two attached hydrogens (primary N) is 1. The molecule has 0 amide bonds. The zero-order valence-electron chi connectivity index (χ0n) is 16.5. The summed E-state index contributed by atoms with van der Waals surface area (Å²) < 4.78 is 27.8. The van der Waals surface area contributed by atoms with Crippen molar-refractivity contribution in [2.24, 2.45) is 5.73 Å². The molecule has 0 radical (unpaired) electrons. The van der Waals surface area contributed by atoms with E-state index in [9.17, 15) is 8.78 Å². The molecule has 1 aromatic carbocycles. The van der Waals surface area contributed by atoms with Crippen LogP contribution in [0.5, 0.6) is 0 Å². The molecule has 0 spiro atoms. The zero-order valence-corrected chi connectivity index (χ0v) is 16.5. The van der Waals surface area contributed by atoms with Gasteiger partial charge in [0.15, 0.2) is 0 Å². The first-order valence-corrected chi connectivity index (χ1v) is 9.36. The van der Waals surface area contributed by atoms with Gasteiger partial charge >= 0.3 is 0 Å². The maximum Gasteiger partial charge on any atom is 0.150 e. The van der Waals surface area contributed by atoms with E-state index < -0.39 is 17.2 Å². The first-order valence-electron chi connectivity index (χ1n) is 9.36. The normalized spacial score (nSPS) is 20.4. The van der Waals surface area contributed by atoms with E-state index >= 15 is 0 Å². The molecule has 1 fully saturated rings. The van der Waals surface area contributed by atoms with Gasteiger partial charge in [-0.2, -0.15) is 0 Å². The van der Waals surface area contributed by atoms with Crippen molar-refractivity contribution in [2.45, 2.75) is 57.2 Å². The number of aromatic amines is 1. The first-order chi connectivity index (χ1) is 13.0. The molecule has 3 heterocycles. The molecule has 2 aromatic heterocycles. The Bertz CT molecular complexity index is 1040. The van der Waals surface area contributed by atoms with Crippen LogP contribution in [-0.2, 0) is 5.54 Å². The Labute approximate surface area is 162 Å². The van der Waals surface area contributed by atoms with Crippen molar-refractivity contribution >= 4 is 10.9 Å². The minimum atomic E-state index is -0.711. The maximum absolute atomic E-state index is 14.0. The number of hydrogen-bond acceptors (Lipinski definition) is 4. The third kappa shape index (κ3) is 3.29. The Morgan fingerprint density at radius 2 is 1.75 bits per heavy atom. The number of H-pyrrole nitrogens is 1. The third-order valence-corrected chi connectivity index (χ3v) is 5.27. The Kier molecular flexibility index (Phi) is 4.10. The van der Waals surface area contributed by atoms with Crippen molar-refractivity contribution in [1.82, 2.24) is 20.3 Å². The number of piperidine rings is 1. The summed E-state index contributed by atoms with van der Waals surface area (Å²) in [5.41, 5.74) is 7.21. The van der Waals surface area contributed by atoms with Gasteiger partial charge < -0.3 is 16.0 Å². The number of fused-ring (bicyclic) bond motifs is 1. The molecule has 0 unspecified atom stereocenters. The smallest absolute Gasteiger partial charge is 0.150 e. The van der Waals surface area contributed by atoms with Crippen molar-refractivity contribution < 1.29 is 8.78 Å². The summed E-state index contributed by atoms with van der Waals surface area (Å²) in [6.45, 7) is 8.46. The predicted octanol–water partition coefficient (Wildman–Crippen LogP) is 4.00. The van der Waals surface area contributed by atoms with Crippen LogP contribution in [0.2, 0.25) is 0 Å². The molecule has 148 valence electrons. The van der Waals surface area contributed by atoms with E-state index in [1.807, 2.05) is 0 Å². The van der Waals surface area contributed by atoms with Gasteiger partial charge in [0.2, 0.25) is 0 Å². The summed E-state index contributed by atoms with van der Waals surface area (Å²) in [4.78, 5) is 12.1. The molecule has 1 saturated heterocycles. The minimum Gasteiger partial charge on any atom is -0.358 e. The number of nitrogens with zero attached hydrogens (tertiary/aromatic N) is 2. The van der Waals surface area contributed by atoms with E-state index in [0.717, 1.165) is 6.07 Å². The molecule has 4 rings (SSSR count). The molecule has 0 bridgehead atoms. The minimum absolute atomic E-state index is 0.178. The van der Waals surface area contributed by atoms with Gasteiger partial charge in [-0.25, -0.2) is 18.7 Å². The van der Waals surface area contributed by atoms with Crippen LogP contribution in [0.15, 0.2) is 30.6 Å². The lowest BCUT2D eigenvalue weighted by atomic mass is 9.71. The summed E-state index contributed by atoms with van der Waals surface area (Å²) in [7, 11) is 0. The van der Waals surface area contributed by atoms with E-state index in [0.29, 0.717) is 35.3 Å². The van der Waals surface area contributed by atoms with Crippen molar-refractivity contribution in [2.75, 3.05) is 0 Å². The molecule has 28 heavy (non-hydrogen) atoms. The SMILES string of the molecule is CC1(C)CC(N)(c2nccc(-c3c[nH]c4c(F)cc(F)cc34)n2)CC(C)(C)N1. The van der Waals surface area contributed by atoms with E-state index in [1.54, 1.807) is 18.5 Å². The number of hydrogen-bond donors (Lipinski definition) is 3. The maximum atomic E-state index is 14.0. The van der Waals surface area contributed by atoms with Crippen LogP contribution in [-0.4, -0.2) is 26.0 Å². The molecule has 4 N–H and O–H groups in total. The molecule has 0 atom stereocenters. The molecule has 1 aliphatic heterocycles. The van der Waals surface area contributed by atoms with Gasteiger partial charge in [-0.05, 0) is 52.7 Å². The van der Waals surface area contributed by atoms with E-state index in [2.05, 4.69) is 43.0 Å². The second kappa shape index (κ2) is 6.06. The number of nitrogens with one attached hydrogen (secondary N) is 2. The quantitative estimate of drug-likeness (QED) is 0.623. The second-order valence-corrected chi connectivity index (χ2v) is 9.18. The molecule has 0 aliphatic carbocycles. The van der Waals surface area contributed by atoms with Crippen LogP contribution < -0.4 is 11.1 Å². The van der Waals surface area contributed by atoms with Crippen molar-refractivity contribution in [3.8, 4) is 11.3 Å². The monoisotopic (exact) mass is 385 g/mol. The Balaban J connectivity index is 1.81. The second-order valence-electron chi connectivity index (χ2n) is 9.18. The van der Waals surface area contributed by atoms with Gasteiger partial charge in [-0.1, -0.05) is 0 Å². The fraction of sp³-hybridized carbons (Fsp3) is 0.429. The average Bonchev–Trinajstić information content (AvgIpc) is 2.95. The molecular weight excluding hydrogens is 360 g/mol. The molecular formula is C21H25F2N5. The Morgan fingerprint density at radius 3 is 2.43 bits per heavy atom. The van der Waals surface area contributed by atoms with Gasteiger partial charge in [0.1, 0.15) is 17.5 Å². The van der Waals surface area contributed by atoms with Crippen LogP contribution in [0.25, 0.3) is 22.2 Å². The van der Waals surface area contributed by atoms with E-state index in [1.165, 1.54) is 6.07 Å². The van der Waals surface area contributed by atoms with Crippen LogP contribution >= 0.6 is 0 Å². The number of rotatable bonds is 2. The molecule has 1 aliphatic rings. The molecule has 0 saturated carbocycles. The summed E-state index contributed by atoms with van der Waals surface area (Å²) in [5, 5.41) is 4.06. The lowest BCUT2D eigenvalue weighted by molar-refractivity contribution is 0.0991. The molecule has 3 aromatic rings. The zero-order chi connectivity index (χ0) is 20.3. The van der Waals surface area contributed by atoms with E-state index in [4.69, 9.17) is 10.7 Å². The van der Waals surface area contributed by atoms with Crippen LogP contribution in [0.4, 0.5) is 8.78 Å². The standard InChI is InChI=1S/C21H25F2N5/c1-19(2)10-21(24,11-20(3,4)28-19)18-25-6-5-16(27-18)14-9-26-17-13(14)7-12(22)8-15(17)23/h5-9,26,28H,10-11,24H2,1-4H3. The summed E-state index contributed by atoms with van der Waals surface area (Å²) in [6.07, 6.45) is 4.63. The predicted molar refractivity (Wildman–Crippen MR) is 106 cm³/mol. The van der Waals surface area contributed by atoms with Crippen molar-refractivity contribution in [3.05, 3.63) is 48.1 Å². The third-order valence-electron chi connectivity index (χ3n) is 5.27. The fourth-order valence-electron chi connectivity index (χ4n) is 4.92. The Morgan fingerprint density at radius 1 is 1.07 bits per heavy atom. The highest BCUT2D eigenvalue weighted by molar-refractivity contribution is 5.94. The molecule has 5 nitrogen and oxygen atoms in total. The summed E-state index contributed by atoms with van der Waals surface area (Å²) in [6, 6.07) is 3.90. The van der Waals surface area contributed by atoms with Gasteiger partial charge in [-0.15, -0.1) is 0 Å². The highest BCUT2D eigenvalue weighted by Gasteiger charge is 2.47. The van der Waals surface area contributed by atoms with E-state index in [-0.39, 0.29) is 16.6 Å². The number of aromatic nitrogens is 3. The van der Waals surface area contributed by atoms with Crippen LogP contribution in [0.3, 0.4) is 0 Å². The number of benzene rings is 1. The molecule has 7 heteroatoms. The van der Waals surface area contributed by atoms with Gasteiger partial charge in [0.25, 0.3) is 0 Å². The Hall–Kier alpha value is -2.38. The number of halogens is 2. The highest BCUT2D eigenvalue weighted by Crippen LogP contribution is 2.40. The summed E-state index contributed by atoms with van der Waals surface area (Å²) >= 11 is 0. The van der Waals surface area contributed by atoms with Gasteiger partial charge in [-0.3, -0.25) is 0 Å². The van der Waals surface area contributed by atoms with Crippen LogP contribution in [0.1, 0.15) is 46.4 Å². The summed E-state index contributed by atoms with van der Waals surface area (Å²) in [5.74, 6) is -0.719. The lowest BCUT2D eigenvalue weighted by Gasteiger charge is -2.50. The first kappa shape index (κ1) is 19.0. The van der Waals surface area contributed by atoms with Crippen molar-refractivity contribution in [3.63, 3.8) is 0 Å². The largest absolute Gasteiger partial charge is 0.358 e. The van der Waals surface area contributed by atoms with Crippen LogP contribution in [0, 0.1) is 11.6 Å². The van der Waals surface area contributed by atoms with Crippen molar-refractivity contribution in [1.29, 1.82) is 0 Å².